The summed E-state index contributed by atoms with van der Waals surface area (Å²) in [7, 11) is 0. The first kappa shape index (κ1) is 14.8. The Bertz CT molecular complexity index is 159. The number of carboxylic acids is 2. The first-order chi connectivity index (χ1) is 6.04. The molecular weight excluding hydrogens is 225 g/mol. The van der Waals surface area contributed by atoms with E-state index in [2.05, 4.69) is 13.8 Å². The second-order valence-corrected chi connectivity index (χ2v) is 8.04. The van der Waals surface area contributed by atoms with Crippen LogP contribution in [0.15, 0.2) is 12.2 Å². The van der Waals surface area contributed by atoms with Crippen LogP contribution >= 0.6 is 0 Å². The molecule has 5 heteroatoms. The summed E-state index contributed by atoms with van der Waals surface area (Å²) < 4.78 is 0. The van der Waals surface area contributed by atoms with E-state index in [1.165, 1.54) is 10.0 Å². The van der Waals surface area contributed by atoms with Crippen LogP contribution in [0.25, 0.3) is 0 Å². The molecule has 0 aliphatic heterocycles. The van der Waals surface area contributed by atoms with Gasteiger partial charge in [-0.1, -0.05) is 0 Å². The molecule has 0 aromatic heterocycles. The van der Waals surface area contributed by atoms with Crippen LogP contribution in [-0.2, 0) is 26.7 Å². The monoisotopic (exact) mass is 238 g/mol. The third-order valence-electron chi connectivity index (χ3n) is 1.08. The molecule has 0 aromatic rings. The summed E-state index contributed by atoms with van der Waals surface area (Å²) in [5.41, 5.74) is 0. The number of rotatable bonds is 4. The average Bonchev–Trinajstić information content (AvgIpc) is 2.03. The molecule has 13 heavy (non-hydrogen) atoms. The van der Waals surface area contributed by atoms with Gasteiger partial charge in [0.15, 0.2) is 0 Å². The molecule has 0 unspecified atom stereocenters. The smallest absolute Gasteiger partial charge is 0.328 e. The van der Waals surface area contributed by atoms with Gasteiger partial charge in [0.05, 0.1) is 0 Å². The van der Waals surface area contributed by atoms with Crippen molar-refractivity contribution in [2.24, 2.45) is 0 Å². The quantitative estimate of drug-likeness (QED) is 0.578. The van der Waals surface area contributed by atoms with Crippen LogP contribution in [0.2, 0.25) is 10.0 Å². The minimum atomic E-state index is -1.26. The molecule has 0 aliphatic rings. The molecule has 2 N–H and O–H groups in total. The molecular formula is C8H14O4Zn. The minimum absolute atomic E-state index is 0.0972. The van der Waals surface area contributed by atoms with Gasteiger partial charge < -0.3 is 10.2 Å². The van der Waals surface area contributed by atoms with Gasteiger partial charge in [0.1, 0.15) is 0 Å². The number of hydrogen-bond acceptors (Lipinski definition) is 2. The fraction of sp³-hybridized carbons (Fsp3) is 0.500. The first-order valence-electron chi connectivity index (χ1n) is 4.18. The van der Waals surface area contributed by atoms with Crippen molar-refractivity contribution in [1.29, 1.82) is 0 Å². The number of carboxylic acid groups (broad SMARTS) is 2. The average molecular weight is 240 g/mol. The molecule has 0 fully saturated rings. The molecule has 0 spiro atoms. The van der Waals surface area contributed by atoms with Crippen molar-refractivity contribution in [3.05, 3.63) is 12.2 Å². The predicted octanol–water partition coefficient (Wildman–Crippen LogP) is 1.66. The minimum Gasteiger partial charge on any atom is -0.478 e. The molecule has 0 saturated heterocycles. The van der Waals surface area contributed by atoms with Crippen molar-refractivity contribution in [2.75, 3.05) is 0 Å². The molecule has 0 aliphatic carbocycles. The van der Waals surface area contributed by atoms with Crippen LogP contribution in [0.1, 0.15) is 13.8 Å². The van der Waals surface area contributed by atoms with Gasteiger partial charge in [0.2, 0.25) is 0 Å². The van der Waals surface area contributed by atoms with Crippen molar-refractivity contribution >= 4 is 11.9 Å². The van der Waals surface area contributed by atoms with Crippen molar-refractivity contribution < 1.29 is 36.9 Å². The van der Waals surface area contributed by atoms with E-state index in [-0.39, 0.29) is 17.1 Å². The molecule has 0 radical (unpaired) electrons. The van der Waals surface area contributed by atoms with Crippen LogP contribution in [0.4, 0.5) is 0 Å². The normalized spacial score (nSPS) is 8.46. The van der Waals surface area contributed by atoms with Crippen LogP contribution < -0.4 is 0 Å². The standard InChI is InChI=1S/C4H4O4.2C2H5.Zn/c5-3(6)1-2-4(7)8;2*1-2;/h1-2H,(H,5,6)(H,7,8);2*1H2,2H3;/b2-1+;;;. The van der Waals surface area contributed by atoms with E-state index < -0.39 is 11.9 Å². The molecule has 0 amide bonds. The molecule has 0 rings (SSSR count). The van der Waals surface area contributed by atoms with Gasteiger partial charge in [-0.3, -0.25) is 0 Å². The third kappa shape index (κ3) is 24.6. The summed E-state index contributed by atoms with van der Waals surface area (Å²) in [4.78, 5) is 19.1. The van der Waals surface area contributed by atoms with Gasteiger partial charge in [-0.25, -0.2) is 9.59 Å². The second kappa shape index (κ2) is 11.3. The van der Waals surface area contributed by atoms with Gasteiger partial charge in [-0.2, -0.15) is 0 Å². The Hall–Kier alpha value is -0.697. The van der Waals surface area contributed by atoms with E-state index >= 15 is 0 Å². The number of carbonyl (C=O) groups is 2. The van der Waals surface area contributed by atoms with E-state index in [0.29, 0.717) is 12.2 Å². The summed E-state index contributed by atoms with van der Waals surface area (Å²) in [5, 5.41) is 18.7. The first-order valence-corrected chi connectivity index (χ1v) is 8.38. The maximum absolute atomic E-state index is 9.55. The maximum atomic E-state index is 9.55. The van der Waals surface area contributed by atoms with Crippen LogP contribution in [-0.4, -0.2) is 22.2 Å². The number of aliphatic carboxylic acids is 2. The largest absolute Gasteiger partial charge is 0.478 e. The molecule has 0 bridgehead atoms. The van der Waals surface area contributed by atoms with Crippen LogP contribution in [0.5, 0.6) is 0 Å². The fourth-order valence-corrected chi connectivity index (χ4v) is 1.98. The molecule has 0 atom stereocenters. The zero-order chi connectivity index (χ0) is 10.7. The Morgan fingerprint density at radius 2 is 1.38 bits per heavy atom. The van der Waals surface area contributed by atoms with Crippen molar-refractivity contribution in [3.63, 3.8) is 0 Å². The zero-order valence-electron chi connectivity index (χ0n) is 7.99. The Morgan fingerprint density at radius 1 is 1.08 bits per heavy atom. The third-order valence-corrected chi connectivity index (χ3v) is 4.04. The van der Waals surface area contributed by atoms with Gasteiger partial charge in [-0.05, 0) is 0 Å². The molecule has 72 valence electrons. The summed E-state index contributed by atoms with van der Waals surface area (Å²) >= 11 is 0.0972. The van der Waals surface area contributed by atoms with Gasteiger partial charge in [0, 0.05) is 12.2 Å². The summed E-state index contributed by atoms with van der Waals surface area (Å²) in [5.74, 6) is -2.51. The zero-order valence-corrected chi connectivity index (χ0v) is 11.0. The van der Waals surface area contributed by atoms with Crippen molar-refractivity contribution in [3.8, 4) is 0 Å². The van der Waals surface area contributed by atoms with Crippen LogP contribution in [0.3, 0.4) is 0 Å². The summed E-state index contributed by atoms with van der Waals surface area (Å²) in [6, 6.07) is 0. The molecule has 4 nitrogen and oxygen atoms in total. The second-order valence-electron chi connectivity index (χ2n) is 2.36. The Labute approximate surface area is 85.2 Å². The maximum Gasteiger partial charge on any atom is 0.328 e. The van der Waals surface area contributed by atoms with Gasteiger partial charge in [-0.15, -0.1) is 0 Å². The Morgan fingerprint density at radius 3 is 1.46 bits per heavy atom. The topological polar surface area (TPSA) is 74.6 Å². The van der Waals surface area contributed by atoms with E-state index in [1.807, 2.05) is 0 Å². The molecule has 0 aromatic carbocycles. The van der Waals surface area contributed by atoms with Crippen molar-refractivity contribution in [1.82, 2.24) is 0 Å². The SMILES string of the molecule is C[CH2][Zn][CH2]C.O=C(O)/C=C/C(=O)O. The predicted molar refractivity (Wildman–Crippen MR) is 45.4 cm³/mol. The van der Waals surface area contributed by atoms with E-state index in [0.717, 1.165) is 0 Å². The molecule has 0 heterocycles. The number of hydrogen-bond donors (Lipinski definition) is 2. The van der Waals surface area contributed by atoms with Gasteiger partial charge >= 0.3 is 52.9 Å². The Kier molecular flexibility index (Phi) is 12.9. The van der Waals surface area contributed by atoms with E-state index in [1.54, 1.807) is 0 Å². The summed E-state index contributed by atoms with van der Waals surface area (Å²) in [6.45, 7) is 4.59. The summed E-state index contributed by atoms with van der Waals surface area (Å²) in [6.07, 6.45) is 1.12. The van der Waals surface area contributed by atoms with E-state index in [9.17, 15) is 9.59 Å². The fourth-order valence-electron chi connectivity index (χ4n) is 0.496. The van der Waals surface area contributed by atoms with Crippen LogP contribution in [0, 0.1) is 0 Å². The van der Waals surface area contributed by atoms with Gasteiger partial charge in [0.25, 0.3) is 0 Å². The van der Waals surface area contributed by atoms with E-state index in [4.69, 9.17) is 10.2 Å². The van der Waals surface area contributed by atoms with Crippen molar-refractivity contribution in [2.45, 2.75) is 23.9 Å². The Balaban J connectivity index is 0. The molecule has 0 saturated carbocycles.